The number of carbonyl (C=O) groups is 2. The number of nitrogens with zero attached hydrogens (tertiary/aromatic N) is 3. The number of halogens is 1. The number of amides is 1. The summed E-state index contributed by atoms with van der Waals surface area (Å²) < 4.78 is 25.1. The molecule has 1 amide bonds. The molecule has 8 heteroatoms. The third-order valence-electron chi connectivity index (χ3n) is 4.76. The number of hydrogen-bond donors (Lipinski definition) is 0. The highest BCUT2D eigenvalue weighted by atomic mass is 19.1. The molecule has 3 aromatic rings. The maximum absolute atomic E-state index is 13.2. The summed E-state index contributed by atoms with van der Waals surface area (Å²) >= 11 is 0. The van der Waals surface area contributed by atoms with E-state index in [0.29, 0.717) is 30.8 Å². The third kappa shape index (κ3) is 4.90. The molecule has 0 fully saturated rings. The van der Waals surface area contributed by atoms with E-state index in [-0.39, 0.29) is 24.5 Å². The van der Waals surface area contributed by atoms with Crippen LogP contribution in [0, 0.1) is 5.82 Å². The molecule has 0 aliphatic heterocycles. The van der Waals surface area contributed by atoms with Crippen LogP contribution in [0.4, 0.5) is 4.39 Å². The second kappa shape index (κ2) is 10.1. The smallest absolute Gasteiger partial charge is 0.295 e. The molecule has 0 bridgehead atoms. The van der Waals surface area contributed by atoms with Crippen molar-refractivity contribution in [2.45, 2.75) is 6.54 Å². The molecule has 0 spiro atoms. The second-order valence-electron chi connectivity index (χ2n) is 6.78. The van der Waals surface area contributed by atoms with Crippen LogP contribution in [0.5, 0.6) is 0 Å². The van der Waals surface area contributed by atoms with E-state index >= 15 is 0 Å². The first-order valence-corrected chi connectivity index (χ1v) is 9.55. The lowest BCUT2D eigenvalue weighted by Gasteiger charge is -2.21. The van der Waals surface area contributed by atoms with Crippen molar-refractivity contribution in [2.75, 3.05) is 40.5 Å². The van der Waals surface area contributed by atoms with Crippen molar-refractivity contribution in [1.82, 2.24) is 14.5 Å². The number of ketones is 1. The Bertz CT molecular complexity index is 1010. The Balaban J connectivity index is 1.91. The summed E-state index contributed by atoms with van der Waals surface area (Å²) in [6, 6.07) is 9.60. The molecule has 2 aromatic heterocycles. The number of hydrogen-bond acceptors (Lipinski definition) is 5. The summed E-state index contributed by atoms with van der Waals surface area (Å²) in [5, 5.41) is 0.594. The van der Waals surface area contributed by atoms with Gasteiger partial charge in [0.1, 0.15) is 11.5 Å². The van der Waals surface area contributed by atoms with Crippen molar-refractivity contribution in [3.05, 3.63) is 65.7 Å². The maximum Gasteiger partial charge on any atom is 0.295 e. The average molecular weight is 413 g/mol. The maximum atomic E-state index is 13.2. The van der Waals surface area contributed by atoms with E-state index in [4.69, 9.17) is 9.47 Å². The number of benzene rings is 1. The normalized spacial score (nSPS) is 11.0. The van der Waals surface area contributed by atoms with E-state index < -0.39 is 11.7 Å². The Morgan fingerprint density at radius 1 is 1.07 bits per heavy atom. The predicted molar refractivity (Wildman–Crippen MR) is 110 cm³/mol. The summed E-state index contributed by atoms with van der Waals surface area (Å²) in [5.74, 6) is -1.55. The average Bonchev–Trinajstić information content (AvgIpc) is 3.13. The lowest BCUT2D eigenvalue weighted by Crippen LogP contribution is -2.40. The van der Waals surface area contributed by atoms with Crippen LogP contribution in [0.1, 0.15) is 15.9 Å². The lowest BCUT2D eigenvalue weighted by atomic mass is 10.1. The molecule has 2 heterocycles. The van der Waals surface area contributed by atoms with Crippen LogP contribution in [-0.4, -0.2) is 66.7 Å². The lowest BCUT2D eigenvalue weighted by molar-refractivity contribution is -0.127. The highest BCUT2D eigenvalue weighted by molar-refractivity contribution is 6.44. The number of methoxy groups -OCH3 is 2. The van der Waals surface area contributed by atoms with Crippen LogP contribution in [-0.2, 0) is 20.8 Å². The number of carbonyl (C=O) groups excluding carboxylic acids is 2. The van der Waals surface area contributed by atoms with E-state index in [2.05, 4.69) is 4.98 Å². The Hall–Kier alpha value is -3.10. The van der Waals surface area contributed by atoms with Crippen LogP contribution < -0.4 is 0 Å². The summed E-state index contributed by atoms with van der Waals surface area (Å²) in [4.78, 5) is 31.8. The van der Waals surface area contributed by atoms with Gasteiger partial charge in [0.05, 0.1) is 18.8 Å². The van der Waals surface area contributed by atoms with E-state index in [9.17, 15) is 14.0 Å². The molecule has 7 nitrogen and oxygen atoms in total. The first-order chi connectivity index (χ1) is 14.5. The number of fused-ring (bicyclic) bond motifs is 1. The van der Waals surface area contributed by atoms with Gasteiger partial charge in [-0.25, -0.2) is 9.37 Å². The zero-order chi connectivity index (χ0) is 21.5. The van der Waals surface area contributed by atoms with Gasteiger partial charge in [-0.05, 0) is 29.8 Å². The van der Waals surface area contributed by atoms with Gasteiger partial charge >= 0.3 is 0 Å². The minimum absolute atomic E-state index is 0.282. The number of pyridine rings is 1. The van der Waals surface area contributed by atoms with Gasteiger partial charge < -0.3 is 18.9 Å². The standard InChI is InChI=1S/C22H24FN3O4/c1-29-12-10-25(11-13-30-2)22(28)20(27)19-15-26(21-18(19)4-3-9-24-21)14-16-5-7-17(23)8-6-16/h3-9,15H,10-14H2,1-2H3. The molecule has 0 atom stereocenters. The van der Waals surface area contributed by atoms with Crippen molar-refractivity contribution in [3.63, 3.8) is 0 Å². The van der Waals surface area contributed by atoms with Crippen molar-refractivity contribution >= 4 is 22.7 Å². The van der Waals surface area contributed by atoms with Crippen molar-refractivity contribution < 1.29 is 23.5 Å². The molecule has 0 saturated carbocycles. The van der Waals surface area contributed by atoms with Gasteiger partial charge in [0, 0.05) is 51.6 Å². The van der Waals surface area contributed by atoms with Gasteiger partial charge in [0.25, 0.3) is 11.7 Å². The molecular weight excluding hydrogens is 389 g/mol. The van der Waals surface area contributed by atoms with E-state index in [1.807, 2.05) is 0 Å². The van der Waals surface area contributed by atoms with Gasteiger partial charge in [-0.3, -0.25) is 9.59 Å². The van der Waals surface area contributed by atoms with Gasteiger partial charge in [-0.2, -0.15) is 0 Å². The number of ether oxygens (including phenoxy) is 2. The van der Waals surface area contributed by atoms with Crippen LogP contribution in [0.2, 0.25) is 0 Å². The predicted octanol–water partition coefficient (Wildman–Crippen LogP) is 2.53. The van der Waals surface area contributed by atoms with Crippen LogP contribution in [0.25, 0.3) is 11.0 Å². The molecule has 158 valence electrons. The molecule has 0 aliphatic carbocycles. The monoisotopic (exact) mass is 413 g/mol. The van der Waals surface area contributed by atoms with E-state index in [1.165, 1.54) is 31.3 Å². The Morgan fingerprint density at radius 2 is 1.73 bits per heavy atom. The topological polar surface area (TPSA) is 73.7 Å². The zero-order valence-electron chi connectivity index (χ0n) is 17.0. The molecule has 0 aliphatic rings. The second-order valence-corrected chi connectivity index (χ2v) is 6.78. The fourth-order valence-corrected chi connectivity index (χ4v) is 3.19. The van der Waals surface area contributed by atoms with Crippen molar-refractivity contribution in [1.29, 1.82) is 0 Å². The van der Waals surface area contributed by atoms with Gasteiger partial charge in [0.15, 0.2) is 0 Å². The first kappa shape index (κ1) is 21.6. The van der Waals surface area contributed by atoms with Crippen molar-refractivity contribution in [3.8, 4) is 0 Å². The number of rotatable bonds is 10. The van der Waals surface area contributed by atoms with E-state index in [0.717, 1.165) is 5.56 Å². The zero-order valence-corrected chi connectivity index (χ0v) is 17.0. The molecule has 0 unspecified atom stereocenters. The Morgan fingerprint density at radius 3 is 2.37 bits per heavy atom. The summed E-state index contributed by atoms with van der Waals surface area (Å²) in [5.41, 5.74) is 1.72. The Labute approximate surface area is 174 Å². The third-order valence-corrected chi connectivity index (χ3v) is 4.76. The van der Waals surface area contributed by atoms with Crippen molar-refractivity contribution in [2.24, 2.45) is 0 Å². The highest BCUT2D eigenvalue weighted by Gasteiger charge is 2.26. The van der Waals surface area contributed by atoms with Crippen LogP contribution >= 0.6 is 0 Å². The van der Waals surface area contributed by atoms with Gasteiger partial charge in [0.2, 0.25) is 0 Å². The molecular formula is C22H24FN3O4. The number of aromatic nitrogens is 2. The molecule has 0 radical (unpaired) electrons. The molecule has 1 aromatic carbocycles. The van der Waals surface area contributed by atoms with Crippen LogP contribution in [0.3, 0.4) is 0 Å². The minimum Gasteiger partial charge on any atom is -0.383 e. The van der Waals surface area contributed by atoms with E-state index in [1.54, 1.807) is 41.2 Å². The fourth-order valence-electron chi connectivity index (χ4n) is 3.19. The molecule has 0 saturated heterocycles. The summed E-state index contributed by atoms with van der Waals surface area (Å²) in [7, 11) is 3.07. The minimum atomic E-state index is -0.617. The van der Waals surface area contributed by atoms with Gasteiger partial charge in [-0.1, -0.05) is 12.1 Å². The summed E-state index contributed by atoms with van der Waals surface area (Å²) in [6.07, 6.45) is 3.26. The quantitative estimate of drug-likeness (QED) is 0.377. The van der Waals surface area contributed by atoms with Gasteiger partial charge in [-0.15, -0.1) is 0 Å². The first-order valence-electron chi connectivity index (χ1n) is 9.55. The molecule has 0 N–H and O–H groups in total. The SMILES string of the molecule is COCCN(CCOC)C(=O)C(=O)c1cn(Cc2ccc(F)cc2)c2ncccc12. The van der Waals surface area contributed by atoms with Crippen LogP contribution in [0.15, 0.2) is 48.8 Å². The molecule has 30 heavy (non-hydrogen) atoms. The molecule has 3 rings (SSSR count). The summed E-state index contributed by atoms with van der Waals surface area (Å²) in [6.45, 7) is 1.60. The fraction of sp³-hybridized carbons (Fsp3) is 0.318. The number of Topliss-reactive ketones (excluding diaryl/α,β-unsaturated/α-hetero) is 1. The highest BCUT2D eigenvalue weighted by Crippen LogP contribution is 2.22. The largest absolute Gasteiger partial charge is 0.383 e. The Kier molecular flexibility index (Phi) is 7.26.